The summed E-state index contributed by atoms with van der Waals surface area (Å²) in [6.45, 7) is 3.97. The van der Waals surface area contributed by atoms with E-state index in [1.165, 1.54) is 37.5 Å². The zero-order valence-electron chi connectivity index (χ0n) is 21.0. The van der Waals surface area contributed by atoms with Crippen LogP contribution in [-0.4, -0.2) is 47.4 Å². The lowest BCUT2D eigenvalue weighted by atomic mass is 10.1. The van der Waals surface area contributed by atoms with Crippen LogP contribution in [0, 0.1) is 13.8 Å². The Labute approximate surface area is 217 Å². The van der Waals surface area contributed by atoms with Crippen molar-refractivity contribution in [3.8, 4) is 11.5 Å². The monoisotopic (exact) mass is 528 g/mol. The number of carbonyl (C=O) groups excluding carboxylic acids is 1. The number of amides is 1. The van der Waals surface area contributed by atoms with Crippen LogP contribution in [0.4, 0.5) is 5.69 Å². The molecule has 0 fully saturated rings. The highest BCUT2D eigenvalue weighted by Gasteiger charge is 2.30. The Morgan fingerprint density at radius 1 is 0.972 bits per heavy atom. The maximum atomic E-state index is 13.7. The Kier molecular flexibility index (Phi) is 9.66. The number of benzene rings is 3. The number of ether oxygens (including phenoxy) is 2. The number of hydrogen-bond acceptors (Lipinski definition) is 6. The molecule has 0 saturated heterocycles. The summed E-state index contributed by atoms with van der Waals surface area (Å²) in [6.07, 6.45) is 0. The van der Waals surface area contributed by atoms with E-state index >= 15 is 0 Å². The second kappa shape index (κ2) is 12.7. The number of carbonyl (C=O) groups is 1. The van der Waals surface area contributed by atoms with Gasteiger partial charge in [0.25, 0.3) is 10.0 Å². The summed E-state index contributed by atoms with van der Waals surface area (Å²) < 4.78 is 39.1. The summed E-state index contributed by atoms with van der Waals surface area (Å²) in [5.74, 6) is 1.90. The average molecular weight is 529 g/mol. The molecule has 1 amide bonds. The highest BCUT2D eigenvalue weighted by atomic mass is 32.2. The van der Waals surface area contributed by atoms with Crippen LogP contribution in [0.25, 0.3) is 0 Å². The van der Waals surface area contributed by atoms with Crippen molar-refractivity contribution in [3.63, 3.8) is 0 Å². The summed E-state index contributed by atoms with van der Waals surface area (Å²) in [4.78, 5) is 13.0. The Balaban J connectivity index is 1.76. The first-order valence-electron chi connectivity index (χ1n) is 11.5. The number of thioether (sulfide) groups is 1. The van der Waals surface area contributed by atoms with Gasteiger partial charge in [-0.25, -0.2) is 8.42 Å². The topological polar surface area (TPSA) is 84.9 Å². The highest BCUT2D eigenvalue weighted by Crippen LogP contribution is 2.35. The van der Waals surface area contributed by atoms with Gasteiger partial charge in [-0.05, 0) is 49.2 Å². The molecule has 0 heterocycles. The zero-order chi connectivity index (χ0) is 26.1. The molecule has 0 aromatic heterocycles. The second-order valence-electron chi connectivity index (χ2n) is 8.19. The first-order chi connectivity index (χ1) is 17.3. The van der Waals surface area contributed by atoms with Gasteiger partial charge in [0.2, 0.25) is 5.91 Å². The van der Waals surface area contributed by atoms with Crippen molar-refractivity contribution < 1.29 is 22.7 Å². The molecule has 0 saturated carbocycles. The third-order valence-electron chi connectivity index (χ3n) is 5.64. The van der Waals surface area contributed by atoms with Crippen molar-refractivity contribution in [2.75, 3.05) is 37.4 Å². The van der Waals surface area contributed by atoms with Gasteiger partial charge in [-0.1, -0.05) is 42.0 Å². The lowest BCUT2D eigenvalue weighted by Crippen LogP contribution is -2.41. The molecule has 0 atom stereocenters. The Morgan fingerprint density at radius 2 is 1.69 bits per heavy atom. The molecule has 0 aliphatic heterocycles. The molecule has 0 radical (unpaired) electrons. The SMILES string of the molecule is COc1ccc(OC)c(N(CC(=O)NCCSCc2ccccc2C)S(=O)(=O)c2ccc(C)cc2)c1. The second-order valence-corrected chi connectivity index (χ2v) is 11.2. The summed E-state index contributed by atoms with van der Waals surface area (Å²) in [5.41, 5.74) is 3.65. The van der Waals surface area contributed by atoms with Crippen LogP contribution >= 0.6 is 11.8 Å². The fourth-order valence-corrected chi connectivity index (χ4v) is 5.89. The lowest BCUT2D eigenvalue weighted by Gasteiger charge is -2.26. The molecule has 0 bridgehead atoms. The molecule has 1 N–H and O–H groups in total. The fourth-order valence-electron chi connectivity index (χ4n) is 3.53. The van der Waals surface area contributed by atoms with E-state index < -0.39 is 22.5 Å². The van der Waals surface area contributed by atoms with Gasteiger partial charge in [0.05, 0.1) is 24.8 Å². The zero-order valence-corrected chi connectivity index (χ0v) is 22.6. The minimum atomic E-state index is -4.07. The van der Waals surface area contributed by atoms with Crippen molar-refractivity contribution in [2.24, 2.45) is 0 Å². The molecule has 36 heavy (non-hydrogen) atoms. The van der Waals surface area contributed by atoms with Crippen molar-refractivity contribution in [1.82, 2.24) is 5.32 Å². The molecule has 9 heteroatoms. The van der Waals surface area contributed by atoms with Crippen LogP contribution in [0.5, 0.6) is 11.5 Å². The third kappa shape index (κ3) is 6.95. The fraction of sp³-hybridized carbons (Fsp3) is 0.296. The summed E-state index contributed by atoms with van der Waals surface area (Å²) in [5, 5.41) is 2.84. The summed E-state index contributed by atoms with van der Waals surface area (Å²) in [6, 6.07) is 19.5. The van der Waals surface area contributed by atoms with Crippen LogP contribution in [0.15, 0.2) is 71.6 Å². The number of aryl methyl sites for hydroxylation is 2. The normalized spacial score (nSPS) is 11.1. The largest absolute Gasteiger partial charge is 0.497 e. The first kappa shape index (κ1) is 27.4. The Morgan fingerprint density at radius 3 is 2.36 bits per heavy atom. The molecule has 3 aromatic carbocycles. The molecule has 3 aromatic rings. The van der Waals surface area contributed by atoms with Crippen molar-refractivity contribution in [1.29, 1.82) is 0 Å². The van der Waals surface area contributed by atoms with E-state index in [2.05, 4.69) is 24.4 Å². The lowest BCUT2D eigenvalue weighted by molar-refractivity contribution is -0.119. The molecule has 192 valence electrons. The number of anilines is 1. The number of nitrogens with zero attached hydrogens (tertiary/aromatic N) is 1. The maximum absolute atomic E-state index is 13.7. The number of methoxy groups -OCH3 is 2. The van der Waals surface area contributed by atoms with Crippen LogP contribution in [0.2, 0.25) is 0 Å². The average Bonchev–Trinajstić information content (AvgIpc) is 2.88. The van der Waals surface area contributed by atoms with Crippen LogP contribution in [0.3, 0.4) is 0 Å². The Bertz CT molecular complexity index is 1280. The van der Waals surface area contributed by atoms with Crippen LogP contribution in [0.1, 0.15) is 16.7 Å². The molecular weight excluding hydrogens is 496 g/mol. The summed E-state index contributed by atoms with van der Waals surface area (Å²) >= 11 is 1.71. The molecule has 0 aliphatic carbocycles. The van der Waals surface area contributed by atoms with Crippen LogP contribution < -0.4 is 19.1 Å². The molecule has 0 aliphatic rings. The van der Waals surface area contributed by atoms with Crippen molar-refractivity contribution in [3.05, 3.63) is 83.4 Å². The third-order valence-corrected chi connectivity index (χ3v) is 8.42. The maximum Gasteiger partial charge on any atom is 0.264 e. The van der Waals surface area contributed by atoms with E-state index in [0.717, 1.165) is 15.6 Å². The van der Waals surface area contributed by atoms with Gasteiger partial charge in [-0.3, -0.25) is 9.10 Å². The Hall–Kier alpha value is -3.17. The number of rotatable bonds is 12. The summed E-state index contributed by atoms with van der Waals surface area (Å²) in [7, 11) is -1.12. The van der Waals surface area contributed by atoms with E-state index in [1.807, 2.05) is 19.1 Å². The van der Waals surface area contributed by atoms with Crippen LogP contribution in [-0.2, 0) is 20.6 Å². The van der Waals surface area contributed by atoms with E-state index in [0.29, 0.717) is 23.8 Å². The molecule has 3 rings (SSSR count). The predicted molar refractivity (Wildman–Crippen MR) is 146 cm³/mol. The quantitative estimate of drug-likeness (QED) is 0.347. The predicted octanol–water partition coefficient (Wildman–Crippen LogP) is 4.57. The van der Waals surface area contributed by atoms with Gasteiger partial charge in [-0.15, -0.1) is 0 Å². The van der Waals surface area contributed by atoms with E-state index in [-0.39, 0.29) is 10.6 Å². The smallest absolute Gasteiger partial charge is 0.264 e. The van der Waals surface area contributed by atoms with E-state index in [4.69, 9.17) is 9.47 Å². The molecule has 0 unspecified atom stereocenters. The van der Waals surface area contributed by atoms with Gasteiger partial charge in [0, 0.05) is 24.1 Å². The van der Waals surface area contributed by atoms with E-state index in [1.54, 1.807) is 42.1 Å². The molecule has 7 nitrogen and oxygen atoms in total. The van der Waals surface area contributed by atoms with E-state index in [9.17, 15) is 13.2 Å². The minimum Gasteiger partial charge on any atom is -0.497 e. The van der Waals surface area contributed by atoms with Gasteiger partial charge < -0.3 is 14.8 Å². The number of nitrogens with one attached hydrogen (secondary N) is 1. The van der Waals surface area contributed by atoms with Gasteiger partial charge in [0.1, 0.15) is 18.0 Å². The number of sulfonamides is 1. The van der Waals surface area contributed by atoms with Gasteiger partial charge >= 0.3 is 0 Å². The van der Waals surface area contributed by atoms with Gasteiger partial charge in [0.15, 0.2) is 0 Å². The van der Waals surface area contributed by atoms with Crippen molar-refractivity contribution in [2.45, 2.75) is 24.5 Å². The first-order valence-corrected chi connectivity index (χ1v) is 14.1. The molecular formula is C27H32N2O5S2. The molecule has 0 spiro atoms. The standard InChI is InChI=1S/C27H32N2O5S2/c1-20-9-12-24(13-10-20)36(31,32)29(25-17-23(33-3)11-14-26(25)34-4)18-27(30)28-15-16-35-19-22-8-6-5-7-21(22)2/h5-14,17H,15-16,18-19H2,1-4H3,(H,28,30). The minimum absolute atomic E-state index is 0.0829. The highest BCUT2D eigenvalue weighted by molar-refractivity contribution is 7.98. The van der Waals surface area contributed by atoms with Crippen molar-refractivity contribution >= 4 is 33.4 Å². The number of hydrogen-bond donors (Lipinski definition) is 1. The van der Waals surface area contributed by atoms with Gasteiger partial charge in [-0.2, -0.15) is 11.8 Å².